The second-order valence-electron chi connectivity index (χ2n) is 9.80. The van der Waals surface area contributed by atoms with Gasteiger partial charge >= 0.3 is 0 Å². The molecule has 0 aromatic rings. The highest BCUT2D eigenvalue weighted by atomic mass is 127. The van der Waals surface area contributed by atoms with Gasteiger partial charge in [0.05, 0.1) is 18.8 Å². The average molecular weight is 551 g/mol. The van der Waals surface area contributed by atoms with Gasteiger partial charge in [-0.15, -0.1) is 24.0 Å². The number of guanidine groups is 1. The van der Waals surface area contributed by atoms with Crippen LogP contribution in [0.15, 0.2) is 4.99 Å². The molecule has 1 N–H and O–H groups in total. The number of likely N-dealkylation sites (tertiary alicyclic amines) is 2. The van der Waals surface area contributed by atoms with Crippen molar-refractivity contribution >= 4 is 29.9 Å². The Bertz CT molecular complexity index is 498. The first kappa shape index (κ1) is 27.1. The maximum Gasteiger partial charge on any atom is 0.193 e. The molecule has 3 aliphatic heterocycles. The molecule has 182 valence electrons. The fourth-order valence-corrected chi connectivity index (χ4v) is 5.30. The Hall–Kier alpha value is -0.120. The molecule has 3 aliphatic rings. The number of halogens is 1. The van der Waals surface area contributed by atoms with Crippen molar-refractivity contribution in [1.29, 1.82) is 0 Å². The third-order valence-corrected chi connectivity index (χ3v) is 6.71. The summed E-state index contributed by atoms with van der Waals surface area (Å²) in [5.74, 6) is 2.76. The normalized spacial score (nSPS) is 28.9. The van der Waals surface area contributed by atoms with Crippen molar-refractivity contribution in [2.24, 2.45) is 16.8 Å². The van der Waals surface area contributed by atoms with Crippen LogP contribution in [0.25, 0.3) is 0 Å². The van der Waals surface area contributed by atoms with Gasteiger partial charge in [0.25, 0.3) is 0 Å². The molecule has 0 aliphatic carbocycles. The summed E-state index contributed by atoms with van der Waals surface area (Å²) in [5, 5.41) is 3.50. The Kier molecular flexibility index (Phi) is 13.0. The Labute approximate surface area is 207 Å². The lowest BCUT2D eigenvalue weighted by atomic mass is 9.92. The van der Waals surface area contributed by atoms with Crippen molar-refractivity contribution in [3.05, 3.63) is 0 Å². The lowest BCUT2D eigenvalue weighted by molar-refractivity contribution is -0.0721. The zero-order valence-corrected chi connectivity index (χ0v) is 22.5. The molecule has 0 aromatic heterocycles. The molecule has 0 saturated carbocycles. The van der Waals surface area contributed by atoms with E-state index in [1.807, 2.05) is 0 Å². The molecule has 0 radical (unpaired) electrons. The zero-order chi connectivity index (χ0) is 21.2. The molecule has 31 heavy (non-hydrogen) atoms. The molecule has 6 nitrogen and oxygen atoms in total. The number of ether oxygens (including phenoxy) is 2. The smallest absolute Gasteiger partial charge is 0.193 e. The number of nitrogens with one attached hydrogen (secondary N) is 1. The molecule has 3 rings (SSSR count). The van der Waals surface area contributed by atoms with Gasteiger partial charge in [-0.25, -0.2) is 0 Å². The number of hydrogen-bond acceptors (Lipinski definition) is 4. The minimum absolute atomic E-state index is 0. The van der Waals surface area contributed by atoms with Crippen LogP contribution in [-0.4, -0.2) is 87.0 Å². The Morgan fingerprint density at radius 1 is 1.10 bits per heavy atom. The van der Waals surface area contributed by atoms with Crippen LogP contribution in [0.3, 0.4) is 0 Å². The van der Waals surface area contributed by atoms with Gasteiger partial charge < -0.3 is 24.6 Å². The SMILES string of the molecule is CCNC(=NCCCN1CC(C)CC(C)C1)N1CCC(OCC2CCCCO2)CC1.I. The monoisotopic (exact) mass is 550 g/mol. The number of nitrogens with zero attached hydrogens (tertiary/aromatic N) is 3. The fourth-order valence-electron chi connectivity index (χ4n) is 5.30. The van der Waals surface area contributed by atoms with Gasteiger partial charge in [-0.2, -0.15) is 0 Å². The Balaban J connectivity index is 0.00000341. The highest BCUT2D eigenvalue weighted by Crippen LogP contribution is 2.21. The van der Waals surface area contributed by atoms with Crippen LogP contribution >= 0.6 is 24.0 Å². The topological polar surface area (TPSA) is 49.3 Å². The highest BCUT2D eigenvalue weighted by Gasteiger charge is 2.24. The first-order chi connectivity index (χ1) is 14.6. The molecular weight excluding hydrogens is 503 g/mol. The molecule has 3 fully saturated rings. The fraction of sp³-hybridized carbons (Fsp3) is 0.958. The highest BCUT2D eigenvalue weighted by molar-refractivity contribution is 14.0. The van der Waals surface area contributed by atoms with E-state index in [4.69, 9.17) is 14.5 Å². The molecule has 3 atom stereocenters. The van der Waals surface area contributed by atoms with E-state index in [-0.39, 0.29) is 24.0 Å². The van der Waals surface area contributed by atoms with E-state index in [1.54, 1.807) is 0 Å². The van der Waals surface area contributed by atoms with Crippen LogP contribution in [0.4, 0.5) is 0 Å². The quantitative estimate of drug-likeness (QED) is 0.215. The summed E-state index contributed by atoms with van der Waals surface area (Å²) in [5.41, 5.74) is 0. The molecular formula is C24H47IN4O2. The maximum absolute atomic E-state index is 6.18. The Morgan fingerprint density at radius 3 is 2.48 bits per heavy atom. The van der Waals surface area contributed by atoms with Crippen molar-refractivity contribution in [2.75, 3.05) is 59.0 Å². The van der Waals surface area contributed by atoms with Crippen molar-refractivity contribution in [3.8, 4) is 0 Å². The Morgan fingerprint density at radius 2 is 1.84 bits per heavy atom. The minimum atomic E-state index is 0. The summed E-state index contributed by atoms with van der Waals surface area (Å²) in [6.45, 7) is 16.2. The summed E-state index contributed by atoms with van der Waals surface area (Å²) in [7, 11) is 0. The van der Waals surface area contributed by atoms with Crippen molar-refractivity contribution < 1.29 is 9.47 Å². The van der Waals surface area contributed by atoms with E-state index >= 15 is 0 Å². The molecule has 0 aromatic carbocycles. The average Bonchev–Trinajstić information content (AvgIpc) is 2.75. The van der Waals surface area contributed by atoms with Crippen molar-refractivity contribution in [1.82, 2.24) is 15.1 Å². The third kappa shape index (κ3) is 9.72. The van der Waals surface area contributed by atoms with Crippen molar-refractivity contribution in [3.63, 3.8) is 0 Å². The molecule has 3 saturated heterocycles. The summed E-state index contributed by atoms with van der Waals surface area (Å²) >= 11 is 0. The number of rotatable bonds is 8. The van der Waals surface area contributed by atoms with E-state index in [1.165, 1.54) is 38.9 Å². The van der Waals surface area contributed by atoms with Crippen LogP contribution in [0.1, 0.15) is 65.7 Å². The van der Waals surface area contributed by atoms with Gasteiger partial charge in [-0.3, -0.25) is 4.99 Å². The van der Waals surface area contributed by atoms with E-state index in [9.17, 15) is 0 Å². The summed E-state index contributed by atoms with van der Waals surface area (Å²) < 4.78 is 12.0. The van der Waals surface area contributed by atoms with Gasteiger partial charge in [-0.05, 0) is 70.3 Å². The van der Waals surface area contributed by atoms with Crippen molar-refractivity contribution in [2.45, 2.75) is 77.9 Å². The third-order valence-electron chi connectivity index (χ3n) is 6.71. The predicted molar refractivity (Wildman–Crippen MR) is 140 cm³/mol. The first-order valence-corrected chi connectivity index (χ1v) is 12.6. The first-order valence-electron chi connectivity index (χ1n) is 12.6. The van der Waals surface area contributed by atoms with Gasteiger partial charge in [0.1, 0.15) is 0 Å². The lowest BCUT2D eigenvalue weighted by Gasteiger charge is -2.35. The van der Waals surface area contributed by atoms with Gasteiger partial charge in [0, 0.05) is 45.9 Å². The maximum atomic E-state index is 6.18. The second-order valence-corrected chi connectivity index (χ2v) is 9.80. The molecule has 3 unspecified atom stereocenters. The lowest BCUT2D eigenvalue weighted by Crippen LogP contribution is -2.47. The molecule has 3 heterocycles. The number of hydrogen-bond donors (Lipinski definition) is 1. The minimum Gasteiger partial charge on any atom is -0.376 e. The molecule has 0 spiro atoms. The molecule has 7 heteroatoms. The zero-order valence-electron chi connectivity index (χ0n) is 20.2. The summed E-state index contributed by atoms with van der Waals surface area (Å²) in [4.78, 5) is 10.0. The predicted octanol–water partition coefficient (Wildman–Crippen LogP) is 3.99. The van der Waals surface area contributed by atoms with E-state index in [2.05, 4.69) is 35.9 Å². The van der Waals surface area contributed by atoms with Gasteiger partial charge in [0.2, 0.25) is 0 Å². The van der Waals surface area contributed by atoms with Crippen LogP contribution in [0.5, 0.6) is 0 Å². The van der Waals surface area contributed by atoms with E-state index < -0.39 is 0 Å². The summed E-state index contributed by atoms with van der Waals surface area (Å²) in [6, 6.07) is 0. The van der Waals surface area contributed by atoms with Crippen LogP contribution in [0.2, 0.25) is 0 Å². The molecule has 0 bridgehead atoms. The van der Waals surface area contributed by atoms with Crippen LogP contribution in [-0.2, 0) is 9.47 Å². The van der Waals surface area contributed by atoms with Gasteiger partial charge in [0.15, 0.2) is 5.96 Å². The molecule has 0 amide bonds. The number of piperidine rings is 2. The standard InChI is InChI=1S/C24H46N4O2.HI/c1-4-25-24(26-11-7-12-27-17-20(2)16-21(3)18-27)28-13-9-22(10-14-28)30-19-23-8-5-6-15-29-23;/h20-23H,4-19H2,1-3H3,(H,25,26);1H. The van der Waals surface area contributed by atoms with E-state index in [0.717, 1.165) is 82.9 Å². The van der Waals surface area contributed by atoms with Crippen LogP contribution < -0.4 is 5.32 Å². The van der Waals surface area contributed by atoms with E-state index in [0.29, 0.717) is 12.2 Å². The second kappa shape index (κ2) is 14.9. The number of aliphatic imine (C=N–C) groups is 1. The van der Waals surface area contributed by atoms with Gasteiger partial charge in [-0.1, -0.05) is 13.8 Å². The largest absolute Gasteiger partial charge is 0.376 e. The van der Waals surface area contributed by atoms with Crippen LogP contribution in [0, 0.1) is 11.8 Å². The summed E-state index contributed by atoms with van der Waals surface area (Å²) in [6.07, 6.45) is 9.04.